The van der Waals surface area contributed by atoms with Crippen LogP contribution in [0.15, 0.2) is 91.3 Å². The van der Waals surface area contributed by atoms with E-state index in [9.17, 15) is 9.18 Å². The van der Waals surface area contributed by atoms with Crippen LogP contribution in [0.2, 0.25) is 0 Å². The van der Waals surface area contributed by atoms with Crippen LogP contribution < -0.4 is 10.6 Å². The van der Waals surface area contributed by atoms with Crippen molar-refractivity contribution in [2.24, 2.45) is 0 Å². The van der Waals surface area contributed by atoms with E-state index in [0.29, 0.717) is 30.9 Å². The fourth-order valence-electron chi connectivity index (χ4n) is 3.34. The maximum Gasteiger partial charge on any atom is 0.255 e. The van der Waals surface area contributed by atoms with Crippen LogP contribution in [0, 0.1) is 5.82 Å². The first-order valence-corrected chi connectivity index (χ1v) is 10.4. The predicted octanol–water partition coefficient (Wildman–Crippen LogP) is 4.87. The largest absolute Gasteiger partial charge is 0.369 e. The van der Waals surface area contributed by atoms with Gasteiger partial charge in [0.2, 0.25) is 0 Å². The van der Waals surface area contributed by atoms with Crippen LogP contribution >= 0.6 is 0 Å². The summed E-state index contributed by atoms with van der Waals surface area (Å²) in [6.45, 7) is 0.882. The zero-order chi connectivity index (χ0) is 22.2. The summed E-state index contributed by atoms with van der Waals surface area (Å²) >= 11 is 0. The molecule has 0 radical (unpaired) electrons. The average Bonchev–Trinajstić information content (AvgIpc) is 2.84. The van der Waals surface area contributed by atoms with Gasteiger partial charge in [0, 0.05) is 31.0 Å². The van der Waals surface area contributed by atoms with Crippen molar-refractivity contribution in [1.82, 2.24) is 15.3 Å². The van der Waals surface area contributed by atoms with Crippen LogP contribution in [0.3, 0.4) is 0 Å². The first-order chi connectivity index (χ1) is 15.7. The summed E-state index contributed by atoms with van der Waals surface area (Å²) in [5.74, 6) is 0.00262. The van der Waals surface area contributed by atoms with Gasteiger partial charge in [0.25, 0.3) is 5.91 Å². The van der Waals surface area contributed by atoms with Crippen LogP contribution in [0.25, 0.3) is 11.3 Å². The highest BCUT2D eigenvalue weighted by Crippen LogP contribution is 2.22. The topological polar surface area (TPSA) is 66.9 Å². The van der Waals surface area contributed by atoms with E-state index < -0.39 is 0 Å². The van der Waals surface area contributed by atoms with Gasteiger partial charge in [-0.05, 0) is 47.9 Å². The summed E-state index contributed by atoms with van der Waals surface area (Å²) in [6.07, 6.45) is 4.01. The maximum absolute atomic E-state index is 13.5. The standard InChI is InChI=1S/C26H23FN4O/c27-22-10-4-6-19(16-22)13-15-29-25-23(26(32)30-18-20-7-5-14-28-17-20)11-12-24(31-25)21-8-2-1-3-9-21/h1-12,14,16-17H,13,15,18H2,(H,29,31)(H,30,32). The Hall–Kier alpha value is -4.06. The number of rotatable bonds is 8. The van der Waals surface area contributed by atoms with E-state index in [1.165, 1.54) is 12.1 Å². The SMILES string of the molecule is O=C(NCc1cccnc1)c1ccc(-c2ccccc2)nc1NCCc1cccc(F)c1. The molecule has 2 N–H and O–H groups in total. The fourth-order valence-corrected chi connectivity index (χ4v) is 3.34. The zero-order valence-electron chi connectivity index (χ0n) is 17.5. The lowest BCUT2D eigenvalue weighted by atomic mass is 10.1. The number of hydrogen-bond donors (Lipinski definition) is 2. The number of hydrogen-bond acceptors (Lipinski definition) is 4. The smallest absolute Gasteiger partial charge is 0.255 e. The molecule has 0 aliphatic rings. The van der Waals surface area contributed by atoms with E-state index in [0.717, 1.165) is 22.4 Å². The van der Waals surface area contributed by atoms with Crippen LogP contribution in [0.1, 0.15) is 21.5 Å². The van der Waals surface area contributed by atoms with Gasteiger partial charge in [-0.2, -0.15) is 0 Å². The third-order valence-corrected chi connectivity index (χ3v) is 4.98. The van der Waals surface area contributed by atoms with Crippen molar-refractivity contribution in [3.05, 3.63) is 114 Å². The first kappa shape index (κ1) is 21.2. The molecule has 0 aliphatic heterocycles. The number of pyridine rings is 2. The molecule has 2 aromatic carbocycles. The monoisotopic (exact) mass is 426 g/mol. The van der Waals surface area contributed by atoms with E-state index >= 15 is 0 Å². The van der Waals surface area contributed by atoms with E-state index in [4.69, 9.17) is 4.98 Å². The molecule has 0 fully saturated rings. The number of benzene rings is 2. The summed E-state index contributed by atoms with van der Waals surface area (Å²) in [5.41, 5.74) is 3.97. The Morgan fingerprint density at radius 2 is 1.75 bits per heavy atom. The molecule has 0 unspecified atom stereocenters. The van der Waals surface area contributed by atoms with Gasteiger partial charge >= 0.3 is 0 Å². The van der Waals surface area contributed by atoms with Gasteiger partial charge < -0.3 is 10.6 Å². The molecule has 32 heavy (non-hydrogen) atoms. The molecule has 160 valence electrons. The third-order valence-electron chi connectivity index (χ3n) is 4.98. The number of carbonyl (C=O) groups is 1. The second-order valence-corrected chi connectivity index (χ2v) is 7.31. The number of aromatic nitrogens is 2. The van der Waals surface area contributed by atoms with Crippen molar-refractivity contribution in [3.8, 4) is 11.3 Å². The molecule has 0 atom stereocenters. The minimum absolute atomic E-state index is 0.228. The molecule has 0 saturated heterocycles. The number of nitrogens with zero attached hydrogens (tertiary/aromatic N) is 2. The van der Waals surface area contributed by atoms with Gasteiger partial charge in [0.05, 0.1) is 11.3 Å². The summed E-state index contributed by atoms with van der Waals surface area (Å²) in [4.78, 5) is 21.7. The number of nitrogens with one attached hydrogen (secondary N) is 2. The highest BCUT2D eigenvalue weighted by Gasteiger charge is 2.14. The molecule has 0 aliphatic carbocycles. The van der Waals surface area contributed by atoms with Crippen molar-refractivity contribution >= 4 is 11.7 Å². The molecular formula is C26H23FN4O. The number of amides is 1. The summed E-state index contributed by atoms with van der Waals surface area (Å²) in [7, 11) is 0. The molecule has 0 spiro atoms. The van der Waals surface area contributed by atoms with E-state index in [-0.39, 0.29) is 11.7 Å². The normalized spacial score (nSPS) is 10.5. The minimum Gasteiger partial charge on any atom is -0.369 e. The average molecular weight is 426 g/mol. The highest BCUT2D eigenvalue weighted by molar-refractivity contribution is 5.99. The molecule has 1 amide bonds. The van der Waals surface area contributed by atoms with Gasteiger partial charge in [-0.3, -0.25) is 9.78 Å². The molecule has 6 heteroatoms. The Kier molecular flexibility index (Phi) is 6.82. The van der Waals surface area contributed by atoms with Crippen LogP contribution in [-0.4, -0.2) is 22.4 Å². The van der Waals surface area contributed by atoms with Crippen LogP contribution in [0.4, 0.5) is 10.2 Å². The lowest BCUT2D eigenvalue weighted by Crippen LogP contribution is -2.24. The van der Waals surface area contributed by atoms with Crippen molar-refractivity contribution in [2.75, 3.05) is 11.9 Å². The molecular weight excluding hydrogens is 403 g/mol. The summed E-state index contributed by atoms with van der Waals surface area (Å²) < 4.78 is 13.5. The summed E-state index contributed by atoms with van der Waals surface area (Å²) in [5, 5.41) is 6.19. The molecule has 5 nitrogen and oxygen atoms in total. The van der Waals surface area contributed by atoms with Crippen molar-refractivity contribution in [3.63, 3.8) is 0 Å². The van der Waals surface area contributed by atoms with E-state index in [1.54, 1.807) is 24.5 Å². The van der Waals surface area contributed by atoms with Gasteiger partial charge in [-0.15, -0.1) is 0 Å². The predicted molar refractivity (Wildman–Crippen MR) is 124 cm³/mol. The molecule has 0 saturated carbocycles. The lowest BCUT2D eigenvalue weighted by molar-refractivity contribution is 0.0951. The molecule has 4 rings (SSSR count). The van der Waals surface area contributed by atoms with Gasteiger partial charge in [0.1, 0.15) is 11.6 Å². The molecule has 0 bridgehead atoms. The van der Waals surface area contributed by atoms with Gasteiger partial charge in [0.15, 0.2) is 0 Å². The van der Waals surface area contributed by atoms with E-state index in [1.807, 2.05) is 54.6 Å². The second-order valence-electron chi connectivity index (χ2n) is 7.31. The molecule has 4 aromatic rings. The molecule has 2 aromatic heterocycles. The fraction of sp³-hybridized carbons (Fsp3) is 0.115. The first-order valence-electron chi connectivity index (χ1n) is 10.4. The Labute approximate surface area is 186 Å². The van der Waals surface area contributed by atoms with Crippen LogP contribution in [0.5, 0.6) is 0 Å². The second kappa shape index (κ2) is 10.3. The minimum atomic E-state index is -0.262. The molecule has 2 heterocycles. The lowest BCUT2D eigenvalue weighted by Gasteiger charge is -2.13. The van der Waals surface area contributed by atoms with Gasteiger partial charge in [-0.25, -0.2) is 9.37 Å². The number of carbonyl (C=O) groups excluding carboxylic acids is 1. The highest BCUT2D eigenvalue weighted by atomic mass is 19.1. The van der Waals surface area contributed by atoms with Gasteiger partial charge in [-0.1, -0.05) is 48.5 Å². The Balaban J connectivity index is 1.53. The van der Waals surface area contributed by atoms with Crippen molar-refractivity contribution in [2.45, 2.75) is 13.0 Å². The zero-order valence-corrected chi connectivity index (χ0v) is 17.5. The van der Waals surface area contributed by atoms with Crippen LogP contribution in [-0.2, 0) is 13.0 Å². The summed E-state index contributed by atoms with van der Waals surface area (Å²) in [6, 6.07) is 23.6. The van der Waals surface area contributed by atoms with Crippen molar-refractivity contribution in [1.29, 1.82) is 0 Å². The Bertz CT molecular complexity index is 1180. The third kappa shape index (κ3) is 5.55. The van der Waals surface area contributed by atoms with E-state index in [2.05, 4.69) is 15.6 Å². The Morgan fingerprint density at radius 1 is 0.906 bits per heavy atom. The Morgan fingerprint density at radius 3 is 2.53 bits per heavy atom. The quantitative estimate of drug-likeness (QED) is 0.422. The van der Waals surface area contributed by atoms with Crippen molar-refractivity contribution < 1.29 is 9.18 Å². The maximum atomic E-state index is 13.5. The number of halogens is 1. The number of anilines is 1.